The van der Waals surface area contributed by atoms with Crippen LogP contribution in [-0.2, 0) is 0 Å². The SMILES string of the molecule is OC(c1cccc(C2CCC2)c1)c1ccc(Cl)c(F)c1. The number of aliphatic hydroxyl groups is 1. The highest BCUT2D eigenvalue weighted by Crippen LogP contribution is 2.37. The van der Waals surface area contributed by atoms with Crippen LogP contribution in [0.3, 0.4) is 0 Å². The summed E-state index contributed by atoms with van der Waals surface area (Å²) in [4.78, 5) is 0. The normalized spacial score (nSPS) is 16.8. The van der Waals surface area contributed by atoms with Crippen molar-refractivity contribution in [2.75, 3.05) is 0 Å². The fourth-order valence-corrected chi connectivity index (χ4v) is 2.72. The lowest BCUT2D eigenvalue weighted by Crippen LogP contribution is -2.09. The summed E-state index contributed by atoms with van der Waals surface area (Å²) in [5.74, 6) is 0.113. The lowest BCUT2D eigenvalue weighted by Gasteiger charge is -2.26. The van der Waals surface area contributed by atoms with Crippen molar-refractivity contribution >= 4 is 11.6 Å². The van der Waals surface area contributed by atoms with Gasteiger partial charge in [-0.3, -0.25) is 0 Å². The maximum absolute atomic E-state index is 13.5. The molecule has 3 rings (SSSR count). The average molecular weight is 291 g/mol. The van der Waals surface area contributed by atoms with Gasteiger partial charge in [0.1, 0.15) is 11.9 Å². The van der Waals surface area contributed by atoms with E-state index in [1.165, 1.54) is 37.0 Å². The van der Waals surface area contributed by atoms with E-state index >= 15 is 0 Å². The van der Waals surface area contributed by atoms with Gasteiger partial charge in [0.15, 0.2) is 0 Å². The van der Waals surface area contributed by atoms with E-state index in [-0.39, 0.29) is 5.02 Å². The lowest BCUT2D eigenvalue weighted by molar-refractivity contribution is 0.219. The fourth-order valence-electron chi connectivity index (χ4n) is 2.60. The molecule has 0 spiro atoms. The Balaban J connectivity index is 1.89. The molecule has 0 bridgehead atoms. The Morgan fingerprint density at radius 3 is 2.50 bits per heavy atom. The van der Waals surface area contributed by atoms with E-state index in [1.54, 1.807) is 6.07 Å². The van der Waals surface area contributed by atoms with E-state index in [9.17, 15) is 9.50 Å². The fraction of sp³-hybridized carbons (Fsp3) is 0.294. The van der Waals surface area contributed by atoms with Crippen LogP contribution in [0.25, 0.3) is 0 Å². The number of hydrogen-bond acceptors (Lipinski definition) is 1. The minimum Gasteiger partial charge on any atom is -0.384 e. The topological polar surface area (TPSA) is 20.2 Å². The molecular formula is C17H16ClFO. The average Bonchev–Trinajstić information content (AvgIpc) is 2.39. The Morgan fingerprint density at radius 2 is 1.85 bits per heavy atom. The number of hydrogen-bond donors (Lipinski definition) is 1. The monoisotopic (exact) mass is 290 g/mol. The van der Waals surface area contributed by atoms with Crippen LogP contribution in [0, 0.1) is 5.82 Å². The third kappa shape index (κ3) is 2.58. The van der Waals surface area contributed by atoms with Crippen LogP contribution in [0.4, 0.5) is 4.39 Å². The molecule has 1 fully saturated rings. The second kappa shape index (κ2) is 5.55. The van der Waals surface area contributed by atoms with Gasteiger partial charge in [-0.2, -0.15) is 0 Å². The summed E-state index contributed by atoms with van der Waals surface area (Å²) in [6.07, 6.45) is 2.89. The maximum Gasteiger partial charge on any atom is 0.142 e. The molecule has 0 radical (unpaired) electrons. The largest absolute Gasteiger partial charge is 0.384 e. The summed E-state index contributed by atoms with van der Waals surface area (Å²) in [7, 11) is 0. The molecule has 0 heterocycles. The van der Waals surface area contributed by atoms with E-state index in [1.807, 2.05) is 18.2 Å². The molecule has 2 aromatic carbocycles. The molecule has 0 amide bonds. The highest BCUT2D eigenvalue weighted by atomic mass is 35.5. The summed E-state index contributed by atoms with van der Waals surface area (Å²) in [5.41, 5.74) is 2.59. The van der Waals surface area contributed by atoms with Gasteiger partial charge >= 0.3 is 0 Å². The minimum absolute atomic E-state index is 0.0733. The van der Waals surface area contributed by atoms with Gasteiger partial charge in [0.2, 0.25) is 0 Å². The number of benzene rings is 2. The first kappa shape index (κ1) is 13.6. The highest BCUT2D eigenvalue weighted by Gasteiger charge is 2.21. The molecule has 1 aliphatic carbocycles. The van der Waals surface area contributed by atoms with Crippen molar-refractivity contribution in [3.05, 3.63) is 70.0 Å². The Hall–Kier alpha value is -1.38. The van der Waals surface area contributed by atoms with Gasteiger partial charge in [0.05, 0.1) is 5.02 Å². The van der Waals surface area contributed by atoms with Crippen molar-refractivity contribution in [2.24, 2.45) is 0 Å². The molecule has 2 aromatic rings. The number of halogens is 2. The van der Waals surface area contributed by atoms with Crippen LogP contribution in [-0.4, -0.2) is 5.11 Å². The molecule has 1 atom stereocenters. The molecule has 1 N–H and O–H groups in total. The molecule has 0 aliphatic heterocycles. The van der Waals surface area contributed by atoms with Crippen molar-refractivity contribution in [1.29, 1.82) is 0 Å². The molecule has 1 aliphatic rings. The van der Waals surface area contributed by atoms with Crippen LogP contribution in [0.2, 0.25) is 5.02 Å². The molecular weight excluding hydrogens is 275 g/mol. The number of rotatable bonds is 3. The highest BCUT2D eigenvalue weighted by molar-refractivity contribution is 6.30. The second-order valence-corrected chi connectivity index (χ2v) is 5.78. The van der Waals surface area contributed by atoms with E-state index in [0.717, 1.165) is 5.56 Å². The van der Waals surface area contributed by atoms with E-state index in [4.69, 9.17) is 11.6 Å². The van der Waals surface area contributed by atoms with Crippen LogP contribution < -0.4 is 0 Å². The van der Waals surface area contributed by atoms with Gasteiger partial charge in [-0.25, -0.2) is 4.39 Å². The van der Waals surface area contributed by atoms with Gasteiger partial charge < -0.3 is 5.11 Å². The molecule has 0 aromatic heterocycles. The van der Waals surface area contributed by atoms with Crippen LogP contribution in [0.5, 0.6) is 0 Å². The molecule has 1 saturated carbocycles. The Kier molecular flexibility index (Phi) is 3.77. The Morgan fingerprint density at radius 1 is 1.10 bits per heavy atom. The third-order valence-corrected chi connectivity index (χ3v) is 4.37. The van der Waals surface area contributed by atoms with Crippen molar-refractivity contribution in [3.8, 4) is 0 Å². The van der Waals surface area contributed by atoms with Crippen LogP contribution in [0.1, 0.15) is 48.0 Å². The van der Waals surface area contributed by atoms with Crippen molar-refractivity contribution in [3.63, 3.8) is 0 Å². The van der Waals surface area contributed by atoms with E-state index in [2.05, 4.69) is 6.07 Å². The molecule has 3 heteroatoms. The first-order valence-corrected chi connectivity index (χ1v) is 7.26. The van der Waals surface area contributed by atoms with Crippen molar-refractivity contribution < 1.29 is 9.50 Å². The molecule has 1 nitrogen and oxygen atoms in total. The first-order valence-electron chi connectivity index (χ1n) is 6.88. The minimum atomic E-state index is -0.818. The molecule has 20 heavy (non-hydrogen) atoms. The Labute approximate surface area is 123 Å². The van der Waals surface area contributed by atoms with Gasteiger partial charge in [0, 0.05) is 0 Å². The van der Waals surface area contributed by atoms with Crippen LogP contribution in [0.15, 0.2) is 42.5 Å². The van der Waals surface area contributed by atoms with Gasteiger partial charge in [-0.1, -0.05) is 48.4 Å². The van der Waals surface area contributed by atoms with Gasteiger partial charge in [0.25, 0.3) is 0 Å². The lowest BCUT2D eigenvalue weighted by atomic mass is 9.79. The number of aliphatic hydroxyl groups excluding tert-OH is 1. The summed E-state index contributed by atoms with van der Waals surface area (Å²) < 4.78 is 13.5. The zero-order valence-electron chi connectivity index (χ0n) is 11.0. The van der Waals surface area contributed by atoms with Gasteiger partial charge in [-0.15, -0.1) is 0 Å². The molecule has 0 saturated heterocycles. The third-order valence-electron chi connectivity index (χ3n) is 4.06. The quantitative estimate of drug-likeness (QED) is 0.858. The summed E-state index contributed by atoms with van der Waals surface area (Å²) >= 11 is 5.67. The summed E-state index contributed by atoms with van der Waals surface area (Å²) in [6.45, 7) is 0. The van der Waals surface area contributed by atoms with E-state index in [0.29, 0.717) is 11.5 Å². The molecule has 1 unspecified atom stereocenters. The van der Waals surface area contributed by atoms with E-state index < -0.39 is 11.9 Å². The van der Waals surface area contributed by atoms with Gasteiger partial charge in [-0.05, 0) is 47.6 Å². The molecule has 104 valence electrons. The zero-order valence-corrected chi connectivity index (χ0v) is 11.8. The van der Waals surface area contributed by atoms with Crippen molar-refractivity contribution in [2.45, 2.75) is 31.3 Å². The summed E-state index contributed by atoms with van der Waals surface area (Å²) in [6, 6.07) is 12.4. The first-order chi connectivity index (χ1) is 9.65. The second-order valence-electron chi connectivity index (χ2n) is 5.37. The maximum atomic E-state index is 13.5. The predicted octanol–water partition coefficient (Wildman–Crippen LogP) is 4.83. The van der Waals surface area contributed by atoms with Crippen molar-refractivity contribution in [1.82, 2.24) is 0 Å². The Bertz CT molecular complexity index is 622. The predicted molar refractivity (Wildman–Crippen MR) is 78.5 cm³/mol. The zero-order chi connectivity index (χ0) is 14.1. The van der Waals surface area contributed by atoms with Crippen LogP contribution >= 0.6 is 11.6 Å². The summed E-state index contributed by atoms with van der Waals surface area (Å²) in [5, 5.41) is 10.5. The standard InChI is InChI=1S/C17H16ClFO/c18-15-8-7-14(10-16(15)19)17(20)13-6-2-5-12(9-13)11-3-1-4-11/h2,5-11,17,20H,1,3-4H2. The smallest absolute Gasteiger partial charge is 0.142 e.